The van der Waals surface area contributed by atoms with Crippen LogP contribution in [0.15, 0.2) is 0 Å². The van der Waals surface area contributed by atoms with Crippen molar-refractivity contribution in [1.82, 2.24) is 10.2 Å². The number of nitrogens with one attached hydrogen (secondary N) is 1. The Morgan fingerprint density at radius 3 is 2.37 bits per heavy atom. The minimum atomic E-state index is -4.21. The molecule has 3 nitrogen and oxygen atoms in total. The van der Waals surface area contributed by atoms with Gasteiger partial charge in [-0.25, -0.2) is 0 Å². The molecule has 0 aliphatic carbocycles. The van der Waals surface area contributed by atoms with Gasteiger partial charge in [0.15, 0.2) is 0 Å². The quantitative estimate of drug-likeness (QED) is 0.657. The van der Waals surface area contributed by atoms with E-state index in [-0.39, 0.29) is 6.61 Å². The van der Waals surface area contributed by atoms with Crippen LogP contribution in [0.2, 0.25) is 0 Å². The average molecular weight is 282 g/mol. The van der Waals surface area contributed by atoms with Gasteiger partial charge in [0.2, 0.25) is 0 Å². The zero-order valence-electron chi connectivity index (χ0n) is 11.5. The fourth-order valence-corrected chi connectivity index (χ4v) is 2.22. The van der Waals surface area contributed by atoms with Gasteiger partial charge >= 0.3 is 6.18 Å². The molecule has 1 heterocycles. The van der Waals surface area contributed by atoms with Crippen LogP contribution in [0.3, 0.4) is 0 Å². The van der Waals surface area contributed by atoms with Gasteiger partial charge in [0.1, 0.15) is 6.61 Å². The van der Waals surface area contributed by atoms with E-state index in [2.05, 4.69) is 15.0 Å². The Bertz CT molecular complexity index is 218. The van der Waals surface area contributed by atoms with Gasteiger partial charge in [0.25, 0.3) is 0 Å². The molecule has 0 radical (unpaired) electrons. The molecule has 1 saturated heterocycles. The topological polar surface area (TPSA) is 24.5 Å². The Morgan fingerprint density at radius 1 is 1.00 bits per heavy atom. The molecule has 0 aromatic rings. The number of halogens is 3. The van der Waals surface area contributed by atoms with E-state index in [4.69, 9.17) is 0 Å². The SMILES string of the molecule is FC(F)(F)COCCCNCCCN1CCCCC1. The van der Waals surface area contributed by atoms with Crippen molar-refractivity contribution in [2.45, 2.75) is 38.3 Å². The molecule has 0 amide bonds. The van der Waals surface area contributed by atoms with Gasteiger partial charge in [-0.3, -0.25) is 0 Å². The summed E-state index contributed by atoms with van der Waals surface area (Å²) in [4.78, 5) is 2.48. The highest BCUT2D eigenvalue weighted by Crippen LogP contribution is 2.14. The van der Waals surface area contributed by atoms with E-state index in [1.165, 1.54) is 32.4 Å². The van der Waals surface area contributed by atoms with Gasteiger partial charge < -0.3 is 15.0 Å². The zero-order valence-corrected chi connectivity index (χ0v) is 11.5. The van der Waals surface area contributed by atoms with Crippen molar-refractivity contribution in [2.24, 2.45) is 0 Å². The third-order valence-electron chi connectivity index (χ3n) is 3.18. The lowest BCUT2D eigenvalue weighted by Crippen LogP contribution is -2.32. The summed E-state index contributed by atoms with van der Waals surface area (Å²) in [5, 5.41) is 3.23. The van der Waals surface area contributed by atoms with Crippen molar-refractivity contribution in [3.8, 4) is 0 Å². The standard InChI is InChI=1S/C13H25F3N2O/c14-13(15,16)12-19-11-5-7-17-6-4-10-18-8-2-1-3-9-18/h17H,1-12H2. The molecule has 6 heteroatoms. The summed E-state index contributed by atoms with van der Waals surface area (Å²) in [5.41, 5.74) is 0. The average Bonchev–Trinajstić information content (AvgIpc) is 2.37. The predicted octanol–water partition coefficient (Wildman–Crippen LogP) is 2.42. The molecule has 114 valence electrons. The van der Waals surface area contributed by atoms with E-state index in [9.17, 15) is 13.2 Å². The highest BCUT2D eigenvalue weighted by Gasteiger charge is 2.27. The van der Waals surface area contributed by atoms with Crippen LogP contribution in [0.1, 0.15) is 32.1 Å². The molecule has 1 N–H and O–H groups in total. The van der Waals surface area contributed by atoms with Crippen LogP contribution in [0.5, 0.6) is 0 Å². The molecule has 19 heavy (non-hydrogen) atoms. The third kappa shape index (κ3) is 10.2. The fourth-order valence-electron chi connectivity index (χ4n) is 2.22. The van der Waals surface area contributed by atoms with Crippen molar-refractivity contribution in [1.29, 1.82) is 0 Å². The summed E-state index contributed by atoms with van der Waals surface area (Å²) in [6.07, 6.45) is 1.49. The predicted molar refractivity (Wildman–Crippen MR) is 69.3 cm³/mol. The van der Waals surface area contributed by atoms with Crippen LogP contribution in [-0.4, -0.2) is 57.0 Å². The van der Waals surface area contributed by atoms with Crippen molar-refractivity contribution >= 4 is 0 Å². The molecule has 0 aromatic carbocycles. The monoisotopic (exact) mass is 282 g/mol. The first-order valence-electron chi connectivity index (χ1n) is 7.15. The van der Waals surface area contributed by atoms with Crippen LogP contribution in [-0.2, 0) is 4.74 Å². The molecule has 0 aromatic heterocycles. The highest BCUT2D eigenvalue weighted by molar-refractivity contribution is 4.64. The number of piperidine rings is 1. The minimum absolute atomic E-state index is 0.165. The summed E-state index contributed by atoms with van der Waals surface area (Å²) in [6, 6.07) is 0. The second kappa shape index (κ2) is 9.55. The summed E-state index contributed by atoms with van der Waals surface area (Å²) < 4.78 is 39.8. The first kappa shape index (κ1) is 16.7. The van der Waals surface area contributed by atoms with Crippen LogP contribution < -0.4 is 5.32 Å². The maximum absolute atomic E-state index is 11.8. The van der Waals surface area contributed by atoms with Gasteiger partial charge in [0.05, 0.1) is 0 Å². The fraction of sp³-hybridized carbons (Fsp3) is 1.00. The lowest BCUT2D eigenvalue weighted by Gasteiger charge is -2.26. The van der Waals surface area contributed by atoms with Crippen LogP contribution in [0.25, 0.3) is 0 Å². The number of ether oxygens (including phenoxy) is 1. The van der Waals surface area contributed by atoms with E-state index < -0.39 is 12.8 Å². The molecule has 1 aliphatic rings. The van der Waals surface area contributed by atoms with Crippen LogP contribution in [0, 0.1) is 0 Å². The van der Waals surface area contributed by atoms with Crippen molar-refractivity contribution < 1.29 is 17.9 Å². The zero-order chi connectivity index (χ0) is 14.0. The number of likely N-dealkylation sites (tertiary alicyclic amines) is 1. The van der Waals surface area contributed by atoms with E-state index in [1.807, 2.05) is 0 Å². The second-order valence-corrected chi connectivity index (χ2v) is 5.03. The molecule has 0 unspecified atom stereocenters. The van der Waals surface area contributed by atoms with E-state index in [0.717, 1.165) is 26.1 Å². The Labute approximate surface area is 113 Å². The highest BCUT2D eigenvalue weighted by atomic mass is 19.4. The number of hydrogen-bond donors (Lipinski definition) is 1. The normalized spacial score (nSPS) is 17.8. The second-order valence-electron chi connectivity index (χ2n) is 5.03. The Kier molecular flexibility index (Phi) is 8.41. The van der Waals surface area contributed by atoms with Crippen molar-refractivity contribution in [3.63, 3.8) is 0 Å². The van der Waals surface area contributed by atoms with E-state index in [0.29, 0.717) is 6.42 Å². The molecule has 0 saturated carbocycles. The summed E-state index contributed by atoms with van der Waals surface area (Å²) >= 11 is 0. The molecule has 0 bridgehead atoms. The molecule has 1 fully saturated rings. The number of alkyl halides is 3. The van der Waals surface area contributed by atoms with E-state index >= 15 is 0 Å². The molecule has 0 spiro atoms. The van der Waals surface area contributed by atoms with Crippen molar-refractivity contribution in [3.05, 3.63) is 0 Å². The Hall–Kier alpha value is -0.330. The van der Waals surface area contributed by atoms with Crippen LogP contribution >= 0.6 is 0 Å². The first-order valence-corrected chi connectivity index (χ1v) is 7.15. The van der Waals surface area contributed by atoms with Gasteiger partial charge in [-0.15, -0.1) is 0 Å². The third-order valence-corrected chi connectivity index (χ3v) is 3.18. The van der Waals surface area contributed by atoms with Gasteiger partial charge in [-0.05, 0) is 58.4 Å². The number of rotatable bonds is 9. The largest absolute Gasteiger partial charge is 0.411 e. The Balaban J connectivity index is 1.78. The molecule has 0 atom stereocenters. The number of hydrogen-bond acceptors (Lipinski definition) is 3. The number of nitrogens with zero attached hydrogens (tertiary/aromatic N) is 1. The molecule has 1 aliphatic heterocycles. The van der Waals surface area contributed by atoms with Gasteiger partial charge in [-0.2, -0.15) is 13.2 Å². The van der Waals surface area contributed by atoms with Gasteiger partial charge in [-0.1, -0.05) is 6.42 Å². The maximum Gasteiger partial charge on any atom is 0.411 e. The smallest absolute Gasteiger partial charge is 0.372 e. The molecular weight excluding hydrogens is 257 g/mol. The maximum atomic E-state index is 11.8. The van der Waals surface area contributed by atoms with Gasteiger partial charge in [0, 0.05) is 6.61 Å². The van der Waals surface area contributed by atoms with E-state index in [1.54, 1.807) is 0 Å². The summed E-state index contributed by atoms with van der Waals surface area (Å²) in [5.74, 6) is 0. The lowest BCUT2D eigenvalue weighted by molar-refractivity contribution is -0.173. The minimum Gasteiger partial charge on any atom is -0.372 e. The van der Waals surface area contributed by atoms with Crippen LogP contribution in [0.4, 0.5) is 13.2 Å². The summed E-state index contributed by atoms with van der Waals surface area (Å²) in [7, 11) is 0. The molecular formula is C13H25F3N2O. The lowest BCUT2D eigenvalue weighted by atomic mass is 10.1. The Morgan fingerprint density at radius 2 is 1.68 bits per heavy atom. The van der Waals surface area contributed by atoms with Crippen molar-refractivity contribution in [2.75, 3.05) is 45.9 Å². The summed E-state index contributed by atoms with van der Waals surface area (Å²) in [6.45, 7) is 4.22. The first-order chi connectivity index (χ1) is 9.08. The molecule has 1 rings (SSSR count).